The number of aromatic nitrogens is 2. The van der Waals surface area contributed by atoms with Crippen LogP contribution in [-0.4, -0.2) is 29.8 Å². The highest BCUT2D eigenvalue weighted by molar-refractivity contribution is 6.10. The Kier molecular flexibility index (Phi) is 3.32. The van der Waals surface area contributed by atoms with Crippen LogP contribution in [0.2, 0.25) is 0 Å². The normalized spacial score (nSPS) is 10.2. The summed E-state index contributed by atoms with van der Waals surface area (Å²) in [5.74, 6) is 0.833. The number of para-hydroxylation sites is 1. The van der Waals surface area contributed by atoms with Gasteiger partial charge < -0.3 is 9.47 Å². The fourth-order valence-corrected chi connectivity index (χ4v) is 1.76. The second kappa shape index (κ2) is 4.91. The third-order valence-electron chi connectivity index (χ3n) is 2.61. The molecule has 1 aromatic carbocycles. The zero-order valence-corrected chi connectivity index (χ0v) is 10.5. The maximum absolute atomic E-state index is 12.3. The van der Waals surface area contributed by atoms with Crippen molar-refractivity contribution >= 4 is 5.78 Å². The van der Waals surface area contributed by atoms with E-state index in [4.69, 9.17) is 9.47 Å². The molecule has 0 N–H and O–H groups in total. The van der Waals surface area contributed by atoms with Crippen LogP contribution in [0.15, 0.2) is 30.6 Å². The zero-order valence-electron chi connectivity index (χ0n) is 10.5. The van der Waals surface area contributed by atoms with Gasteiger partial charge in [-0.1, -0.05) is 6.07 Å². The van der Waals surface area contributed by atoms with Crippen molar-refractivity contribution in [1.29, 1.82) is 0 Å². The van der Waals surface area contributed by atoms with E-state index in [2.05, 4.69) is 5.10 Å². The summed E-state index contributed by atoms with van der Waals surface area (Å²) >= 11 is 0. The van der Waals surface area contributed by atoms with Crippen LogP contribution in [0.1, 0.15) is 15.9 Å². The van der Waals surface area contributed by atoms with Crippen LogP contribution in [-0.2, 0) is 7.05 Å². The summed E-state index contributed by atoms with van der Waals surface area (Å²) < 4.78 is 12.0. The molecule has 0 saturated heterocycles. The van der Waals surface area contributed by atoms with Crippen molar-refractivity contribution in [2.24, 2.45) is 7.05 Å². The van der Waals surface area contributed by atoms with Gasteiger partial charge in [0.2, 0.25) is 0 Å². The van der Waals surface area contributed by atoms with E-state index in [1.165, 1.54) is 20.4 Å². The summed E-state index contributed by atoms with van der Waals surface area (Å²) in [7, 11) is 4.81. The highest BCUT2D eigenvalue weighted by atomic mass is 16.5. The van der Waals surface area contributed by atoms with Crippen molar-refractivity contribution < 1.29 is 14.3 Å². The predicted molar refractivity (Wildman–Crippen MR) is 66.2 cm³/mol. The predicted octanol–water partition coefficient (Wildman–Crippen LogP) is 1.67. The summed E-state index contributed by atoms with van der Waals surface area (Å²) in [6.07, 6.45) is 3.20. The number of benzene rings is 1. The molecule has 5 nitrogen and oxygen atoms in total. The van der Waals surface area contributed by atoms with Gasteiger partial charge in [0.05, 0.1) is 31.5 Å². The maximum Gasteiger partial charge on any atom is 0.200 e. The summed E-state index contributed by atoms with van der Waals surface area (Å²) in [6, 6.07) is 5.21. The minimum Gasteiger partial charge on any atom is -0.493 e. The molecule has 0 unspecified atom stereocenters. The zero-order chi connectivity index (χ0) is 13.1. The van der Waals surface area contributed by atoms with Crippen LogP contribution in [0, 0.1) is 0 Å². The Labute approximate surface area is 105 Å². The van der Waals surface area contributed by atoms with E-state index in [9.17, 15) is 4.79 Å². The lowest BCUT2D eigenvalue weighted by Gasteiger charge is -2.10. The average Bonchev–Trinajstić information content (AvgIpc) is 2.83. The molecule has 0 aliphatic heterocycles. The average molecular weight is 246 g/mol. The first kappa shape index (κ1) is 12.2. The molecule has 1 aromatic heterocycles. The van der Waals surface area contributed by atoms with E-state index in [0.717, 1.165) is 0 Å². The smallest absolute Gasteiger partial charge is 0.200 e. The molecular weight excluding hydrogens is 232 g/mol. The molecule has 0 fully saturated rings. The number of ether oxygens (including phenoxy) is 2. The van der Waals surface area contributed by atoms with Gasteiger partial charge in [-0.15, -0.1) is 0 Å². The number of aryl methyl sites for hydroxylation is 1. The first-order chi connectivity index (χ1) is 8.67. The molecule has 1 heterocycles. The van der Waals surface area contributed by atoms with Gasteiger partial charge in [-0.2, -0.15) is 5.10 Å². The van der Waals surface area contributed by atoms with Crippen molar-refractivity contribution in [3.05, 3.63) is 41.7 Å². The van der Waals surface area contributed by atoms with E-state index >= 15 is 0 Å². The van der Waals surface area contributed by atoms with E-state index in [0.29, 0.717) is 22.6 Å². The molecule has 0 saturated carbocycles. The number of ketones is 1. The maximum atomic E-state index is 12.3. The monoisotopic (exact) mass is 246 g/mol. The van der Waals surface area contributed by atoms with Crippen LogP contribution in [0.3, 0.4) is 0 Å². The molecule has 0 aliphatic rings. The summed E-state index contributed by atoms with van der Waals surface area (Å²) in [5.41, 5.74) is 0.980. The molecule has 0 amide bonds. The Bertz CT molecular complexity index is 575. The Balaban J connectivity index is 2.47. The number of carbonyl (C=O) groups excluding carboxylic acids is 1. The lowest BCUT2D eigenvalue weighted by molar-refractivity contribution is 0.103. The Morgan fingerprint density at radius 1 is 1.28 bits per heavy atom. The van der Waals surface area contributed by atoms with Gasteiger partial charge in [0.15, 0.2) is 17.3 Å². The SMILES string of the molecule is COc1cccc(C(=O)c2cnn(C)c2)c1OC. The van der Waals surface area contributed by atoms with Crippen molar-refractivity contribution in [3.63, 3.8) is 0 Å². The first-order valence-corrected chi connectivity index (χ1v) is 5.41. The van der Waals surface area contributed by atoms with Crippen molar-refractivity contribution in [3.8, 4) is 11.5 Å². The Morgan fingerprint density at radius 3 is 2.61 bits per heavy atom. The Hall–Kier alpha value is -2.30. The molecule has 18 heavy (non-hydrogen) atoms. The van der Waals surface area contributed by atoms with Gasteiger partial charge in [-0.25, -0.2) is 0 Å². The third-order valence-corrected chi connectivity index (χ3v) is 2.61. The second-order valence-corrected chi connectivity index (χ2v) is 3.77. The molecule has 0 spiro atoms. The number of hydrogen-bond donors (Lipinski definition) is 0. The number of rotatable bonds is 4. The third kappa shape index (κ3) is 2.07. The van der Waals surface area contributed by atoms with Crippen LogP contribution in [0.4, 0.5) is 0 Å². The van der Waals surface area contributed by atoms with Crippen LogP contribution in [0.5, 0.6) is 11.5 Å². The van der Waals surface area contributed by atoms with E-state index < -0.39 is 0 Å². The number of nitrogens with zero attached hydrogens (tertiary/aromatic N) is 2. The molecule has 5 heteroatoms. The van der Waals surface area contributed by atoms with Crippen molar-refractivity contribution in [2.45, 2.75) is 0 Å². The van der Waals surface area contributed by atoms with Crippen molar-refractivity contribution in [1.82, 2.24) is 9.78 Å². The molecule has 0 bridgehead atoms. The van der Waals surface area contributed by atoms with Gasteiger partial charge in [0, 0.05) is 13.2 Å². The molecule has 2 rings (SSSR count). The molecule has 94 valence electrons. The topological polar surface area (TPSA) is 53.3 Å². The standard InChI is InChI=1S/C13H14N2O3/c1-15-8-9(7-14-15)12(16)10-5-4-6-11(17-2)13(10)18-3/h4-8H,1-3H3. The summed E-state index contributed by atoms with van der Waals surface area (Å²) in [5, 5.41) is 3.99. The molecule has 0 radical (unpaired) electrons. The van der Waals surface area contributed by atoms with E-state index in [-0.39, 0.29) is 5.78 Å². The molecular formula is C13H14N2O3. The number of hydrogen-bond acceptors (Lipinski definition) is 4. The van der Waals surface area contributed by atoms with E-state index in [1.807, 2.05) is 0 Å². The molecule has 0 atom stereocenters. The lowest BCUT2D eigenvalue weighted by Crippen LogP contribution is -2.04. The van der Waals surface area contributed by atoms with Crippen LogP contribution < -0.4 is 9.47 Å². The number of carbonyl (C=O) groups is 1. The highest BCUT2D eigenvalue weighted by Gasteiger charge is 2.18. The fourth-order valence-electron chi connectivity index (χ4n) is 1.76. The minimum absolute atomic E-state index is 0.140. The lowest BCUT2D eigenvalue weighted by atomic mass is 10.0. The number of methoxy groups -OCH3 is 2. The minimum atomic E-state index is -0.140. The quantitative estimate of drug-likeness (QED) is 0.770. The van der Waals surface area contributed by atoms with Gasteiger partial charge >= 0.3 is 0 Å². The van der Waals surface area contributed by atoms with Crippen LogP contribution >= 0.6 is 0 Å². The summed E-state index contributed by atoms with van der Waals surface area (Å²) in [4.78, 5) is 12.3. The fraction of sp³-hybridized carbons (Fsp3) is 0.231. The summed E-state index contributed by atoms with van der Waals surface area (Å²) in [6.45, 7) is 0. The van der Waals surface area contributed by atoms with Gasteiger partial charge in [0.25, 0.3) is 0 Å². The van der Waals surface area contributed by atoms with E-state index in [1.54, 1.807) is 36.1 Å². The Morgan fingerprint density at radius 2 is 2.06 bits per heavy atom. The largest absolute Gasteiger partial charge is 0.493 e. The van der Waals surface area contributed by atoms with Gasteiger partial charge in [0.1, 0.15) is 0 Å². The first-order valence-electron chi connectivity index (χ1n) is 5.41. The second-order valence-electron chi connectivity index (χ2n) is 3.77. The van der Waals surface area contributed by atoms with Gasteiger partial charge in [-0.3, -0.25) is 9.48 Å². The highest BCUT2D eigenvalue weighted by Crippen LogP contribution is 2.31. The van der Waals surface area contributed by atoms with Crippen LogP contribution in [0.25, 0.3) is 0 Å². The van der Waals surface area contributed by atoms with Gasteiger partial charge in [-0.05, 0) is 12.1 Å². The molecule has 2 aromatic rings. The molecule has 0 aliphatic carbocycles. The van der Waals surface area contributed by atoms with Crippen molar-refractivity contribution in [2.75, 3.05) is 14.2 Å².